The van der Waals surface area contributed by atoms with Crippen molar-refractivity contribution < 1.29 is 37.5 Å². The van der Waals surface area contributed by atoms with Crippen molar-refractivity contribution in [3.63, 3.8) is 0 Å². The van der Waals surface area contributed by atoms with Crippen LogP contribution in [0.3, 0.4) is 0 Å². The van der Waals surface area contributed by atoms with Gasteiger partial charge in [-0.05, 0) is 0 Å². The molecule has 0 aromatic heterocycles. The molecule has 0 rings (SSSR count). The first kappa shape index (κ1) is 9.69. The quantitative estimate of drug-likeness (QED) is 0.438. The Hall–Kier alpha value is -0.310. The van der Waals surface area contributed by atoms with Gasteiger partial charge in [0.2, 0.25) is 0 Å². The summed E-state index contributed by atoms with van der Waals surface area (Å²) in [6, 6.07) is 0. The first-order valence-corrected chi connectivity index (χ1v) is 1.89. The minimum absolute atomic E-state index is 2.52. The van der Waals surface area contributed by atoms with Crippen molar-refractivity contribution in [3.05, 3.63) is 0 Å². The summed E-state index contributed by atoms with van der Waals surface area (Å²) in [6.07, 6.45) is 0. The third-order valence-electron chi connectivity index (χ3n) is 0.573. The maximum atomic E-state index is 10.9. The summed E-state index contributed by atoms with van der Waals surface area (Å²) >= 11 is 0. The van der Waals surface area contributed by atoms with E-state index in [2.05, 4.69) is 19.4 Å². The third kappa shape index (κ3) is 2.52. The molecule has 0 saturated heterocycles. The second-order valence-corrected chi connectivity index (χ2v) is 1.09. The third-order valence-corrected chi connectivity index (χ3v) is 0.573. The molecule has 0 saturated carbocycles. The van der Waals surface area contributed by atoms with Gasteiger partial charge in [-0.15, -0.1) is 0 Å². The Balaban J connectivity index is 3.70. The average molecular weight is 162 g/mol. The predicted molar refractivity (Wildman–Crippen MR) is 20.3 cm³/mol. The molecule has 10 heteroatoms. The highest BCUT2D eigenvalue weighted by atomic mass is 19.3. The van der Waals surface area contributed by atoms with E-state index in [1.54, 1.807) is 0 Å². The van der Waals surface area contributed by atoms with Crippen molar-refractivity contribution in [2.45, 2.75) is 0 Å². The topological polar surface area (TPSA) is 36.9 Å². The second-order valence-electron chi connectivity index (χ2n) is 1.09. The molecular formula is B2F4O4. The molecule has 0 radical (unpaired) electrons. The molecule has 0 spiro atoms. The van der Waals surface area contributed by atoms with E-state index >= 15 is 0 Å². The Labute approximate surface area is 52.9 Å². The fourth-order valence-electron chi connectivity index (χ4n) is 0.195. The van der Waals surface area contributed by atoms with E-state index in [1.165, 1.54) is 0 Å². The molecule has 0 unspecified atom stereocenters. The van der Waals surface area contributed by atoms with Gasteiger partial charge in [-0.25, -0.2) is 19.4 Å². The van der Waals surface area contributed by atoms with Crippen LogP contribution in [0.1, 0.15) is 0 Å². The van der Waals surface area contributed by atoms with E-state index in [4.69, 9.17) is 0 Å². The SMILES string of the molecule is FOB(OF)B(OF)OF. The molecule has 0 aliphatic rings. The van der Waals surface area contributed by atoms with Crippen molar-refractivity contribution in [2.24, 2.45) is 0 Å². The van der Waals surface area contributed by atoms with Gasteiger partial charge in [0.15, 0.2) is 0 Å². The van der Waals surface area contributed by atoms with Crippen LogP contribution in [0.4, 0.5) is 18.1 Å². The van der Waals surface area contributed by atoms with Crippen LogP contribution in [0.5, 0.6) is 0 Å². The van der Waals surface area contributed by atoms with E-state index in [0.717, 1.165) is 0 Å². The van der Waals surface area contributed by atoms with Crippen molar-refractivity contribution >= 4 is 14.0 Å². The van der Waals surface area contributed by atoms with Gasteiger partial charge in [0.25, 0.3) is 0 Å². The lowest BCUT2D eigenvalue weighted by molar-refractivity contribution is -0.131. The zero-order chi connectivity index (χ0) is 7.98. The first-order valence-electron chi connectivity index (χ1n) is 1.89. The molecule has 0 aromatic carbocycles. The van der Waals surface area contributed by atoms with Crippen LogP contribution in [0.25, 0.3) is 0 Å². The summed E-state index contributed by atoms with van der Waals surface area (Å²) in [5, 5.41) is 0. The van der Waals surface area contributed by atoms with Crippen LogP contribution in [0.15, 0.2) is 0 Å². The van der Waals surface area contributed by atoms with Crippen LogP contribution >= 0.6 is 0 Å². The van der Waals surface area contributed by atoms with Crippen LogP contribution in [0, 0.1) is 0 Å². The van der Waals surface area contributed by atoms with Gasteiger partial charge in [-0.2, -0.15) is 0 Å². The molecule has 0 atom stereocenters. The zero-order valence-corrected chi connectivity index (χ0v) is 4.30. The van der Waals surface area contributed by atoms with Gasteiger partial charge in [0.05, 0.1) is 0 Å². The highest BCUT2D eigenvalue weighted by molar-refractivity contribution is 7.10. The van der Waals surface area contributed by atoms with Gasteiger partial charge in [0.1, 0.15) is 0 Å². The molecule has 0 amide bonds. The number of hydrogen-bond acceptors (Lipinski definition) is 4. The zero-order valence-electron chi connectivity index (χ0n) is 4.30. The summed E-state index contributed by atoms with van der Waals surface area (Å²) in [5.41, 5.74) is 0. The van der Waals surface area contributed by atoms with E-state index in [0.29, 0.717) is 0 Å². The first-order chi connectivity index (χ1) is 4.79. The molecular weight excluding hydrogens is 162 g/mol. The van der Waals surface area contributed by atoms with E-state index in [9.17, 15) is 18.1 Å². The Bertz CT molecular complexity index is 63.7. The molecule has 0 bridgehead atoms. The van der Waals surface area contributed by atoms with Crippen LogP contribution in [-0.4, -0.2) is 14.0 Å². The smallest absolute Gasteiger partial charge is 0.222 e. The van der Waals surface area contributed by atoms with Crippen LogP contribution < -0.4 is 0 Å². The summed E-state index contributed by atoms with van der Waals surface area (Å²) in [5.74, 6) is 0. The molecule has 4 nitrogen and oxygen atoms in total. The number of rotatable bonds is 5. The highest BCUT2D eigenvalue weighted by Crippen LogP contribution is 2.01. The largest absolute Gasteiger partial charge is 0.573 e. The van der Waals surface area contributed by atoms with E-state index in [1.807, 2.05) is 0 Å². The van der Waals surface area contributed by atoms with Gasteiger partial charge in [-0.3, -0.25) is 0 Å². The lowest BCUT2D eigenvalue weighted by Crippen LogP contribution is -2.39. The van der Waals surface area contributed by atoms with Gasteiger partial charge < -0.3 is 0 Å². The summed E-state index contributed by atoms with van der Waals surface area (Å²) in [7, 11) is -5.09. The van der Waals surface area contributed by atoms with Gasteiger partial charge in [0, 0.05) is 0 Å². The molecule has 58 valence electrons. The Morgan fingerprint density at radius 3 is 0.900 bits per heavy atom. The number of halogens is 4. The molecule has 10 heavy (non-hydrogen) atoms. The lowest BCUT2D eigenvalue weighted by atomic mass is 9.50. The van der Waals surface area contributed by atoms with Crippen molar-refractivity contribution in [3.8, 4) is 0 Å². The Morgan fingerprint density at radius 1 is 0.600 bits per heavy atom. The molecule has 0 aliphatic heterocycles. The van der Waals surface area contributed by atoms with Crippen LogP contribution in [0.2, 0.25) is 0 Å². The summed E-state index contributed by atoms with van der Waals surface area (Å²) < 4.78 is 43.7. The predicted octanol–water partition coefficient (Wildman–Crippen LogP) is 0.646. The van der Waals surface area contributed by atoms with Gasteiger partial charge in [-0.1, -0.05) is 18.1 Å². The fraction of sp³-hybridized carbons (Fsp3) is 0. The van der Waals surface area contributed by atoms with Crippen LogP contribution in [-0.2, 0) is 19.4 Å². The Kier molecular flexibility index (Phi) is 5.30. The molecule has 0 aromatic rings. The minimum atomic E-state index is -2.55. The van der Waals surface area contributed by atoms with Crippen molar-refractivity contribution in [1.29, 1.82) is 0 Å². The van der Waals surface area contributed by atoms with E-state index < -0.39 is 14.0 Å². The second kappa shape index (κ2) is 5.47. The molecule has 0 N–H and O–H groups in total. The van der Waals surface area contributed by atoms with Crippen molar-refractivity contribution in [1.82, 2.24) is 0 Å². The maximum Gasteiger partial charge on any atom is 0.573 e. The monoisotopic (exact) mass is 162 g/mol. The molecule has 0 aliphatic carbocycles. The summed E-state index contributed by atoms with van der Waals surface area (Å²) in [6.45, 7) is 0. The molecule has 0 fully saturated rings. The number of hydrogen-bond donors (Lipinski definition) is 0. The lowest BCUT2D eigenvalue weighted by Gasteiger charge is -2.00. The average Bonchev–Trinajstić information content (AvgIpc) is 2.00. The summed E-state index contributed by atoms with van der Waals surface area (Å²) in [4.78, 5) is 10.1. The van der Waals surface area contributed by atoms with Gasteiger partial charge >= 0.3 is 14.0 Å². The Morgan fingerprint density at radius 2 is 0.800 bits per heavy atom. The molecule has 0 heterocycles. The maximum absolute atomic E-state index is 10.9. The normalized spacial score (nSPS) is 9.60. The van der Waals surface area contributed by atoms with E-state index in [-0.39, 0.29) is 0 Å². The van der Waals surface area contributed by atoms with Crippen molar-refractivity contribution in [2.75, 3.05) is 0 Å². The standard InChI is InChI=1S/B2F4O4/c3-7-1(8-4)2(9-5)10-6. The fourth-order valence-corrected chi connectivity index (χ4v) is 0.195. The highest BCUT2D eigenvalue weighted by Gasteiger charge is 2.46. The minimum Gasteiger partial charge on any atom is -0.222 e.